The van der Waals surface area contributed by atoms with E-state index in [4.69, 9.17) is 0 Å². The van der Waals surface area contributed by atoms with E-state index in [1.54, 1.807) is 12.1 Å². The Labute approximate surface area is 137 Å². The molecule has 1 heterocycles. The van der Waals surface area contributed by atoms with Gasteiger partial charge in [-0.25, -0.2) is 0 Å². The van der Waals surface area contributed by atoms with E-state index in [1.165, 1.54) is 6.92 Å². The summed E-state index contributed by atoms with van der Waals surface area (Å²) in [6.07, 6.45) is 2.14. The smallest absolute Gasteiger partial charge is 0.194 e. The molecule has 124 valence electrons. The number of hydrogen-bond donors (Lipinski definition) is 1. The molecule has 0 fully saturated rings. The van der Waals surface area contributed by atoms with E-state index in [2.05, 4.69) is 23.7 Å². The van der Waals surface area contributed by atoms with Crippen LogP contribution in [0.5, 0.6) is 0 Å². The van der Waals surface area contributed by atoms with Crippen LogP contribution >= 0.6 is 0 Å². The Bertz CT molecular complexity index is 756. The van der Waals surface area contributed by atoms with E-state index in [1.807, 2.05) is 13.0 Å². The quantitative estimate of drug-likeness (QED) is 0.794. The van der Waals surface area contributed by atoms with Crippen LogP contribution < -0.4 is 5.43 Å². The molecule has 0 aliphatic heterocycles. The number of hydrogen-bond acceptors (Lipinski definition) is 3. The number of rotatable bonds is 7. The third-order valence-corrected chi connectivity index (χ3v) is 4.18. The van der Waals surface area contributed by atoms with Crippen molar-refractivity contribution in [2.75, 3.05) is 13.1 Å². The SMILES string of the molecule is CCCN(CCC)Cc1c(C)[nH]c2ccc(C(C)=O)cc2c1=O. The van der Waals surface area contributed by atoms with Gasteiger partial charge >= 0.3 is 0 Å². The first kappa shape index (κ1) is 17.4. The zero-order chi connectivity index (χ0) is 17.0. The molecule has 1 aromatic carbocycles. The predicted octanol–water partition coefficient (Wildman–Crippen LogP) is 3.66. The lowest BCUT2D eigenvalue weighted by molar-refractivity contribution is 0.101. The molecule has 2 aromatic rings. The number of nitrogens with one attached hydrogen (secondary N) is 1. The molecule has 1 aromatic heterocycles. The van der Waals surface area contributed by atoms with Crippen molar-refractivity contribution in [3.63, 3.8) is 0 Å². The minimum absolute atomic E-state index is 0.0213. The largest absolute Gasteiger partial charge is 0.358 e. The van der Waals surface area contributed by atoms with E-state index in [0.29, 0.717) is 17.5 Å². The zero-order valence-electron chi connectivity index (χ0n) is 14.5. The molecule has 0 aliphatic carbocycles. The summed E-state index contributed by atoms with van der Waals surface area (Å²) < 4.78 is 0. The maximum absolute atomic E-state index is 12.9. The molecule has 0 saturated carbocycles. The van der Waals surface area contributed by atoms with Gasteiger partial charge in [0.05, 0.1) is 0 Å². The van der Waals surface area contributed by atoms with Crippen molar-refractivity contribution >= 4 is 16.7 Å². The van der Waals surface area contributed by atoms with Crippen LogP contribution in [0.3, 0.4) is 0 Å². The number of nitrogens with zero attached hydrogens (tertiary/aromatic N) is 1. The van der Waals surface area contributed by atoms with Crippen molar-refractivity contribution in [3.05, 3.63) is 45.2 Å². The molecular weight excluding hydrogens is 288 g/mol. The Balaban J connectivity index is 2.50. The summed E-state index contributed by atoms with van der Waals surface area (Å²) in [5.41, 5.74) is 3.13. The topological polar surface area (TPSA) is 53.2 Å². The van der Waals surface area contributed by atoms with Gasteiger partial charge in [0.1, 0.15) is 0 Å². The molecule has 2 rings (SSSR count). The molecule has 0 radical (unpaired) electrons. The Morgan fingerprint density at radius 2 is 1.83 bits per heavy atom. The highest BCUT2D eigenvalue weighted by molar-refractivity contribution is 5.97. The van der Waals surface area contributed by atoms with Gasteiger partial charge in [-0.3, -0.25) is 14.5 Å². The summed E-state index contributed by atoms with van der Waals surface area (Å²) >= 11 is 0. The first-order valence-corrected chi connectivity index (χ1v) is 8.36. The van der Waals surface area contributed by atoms with Crippen LogP contribution in [-0.2, 0) is 6.54 Å². The van der Waals surface area contributed by atoms with E-state index in [0.717, 1.165) is 42.7 Å². The Kier molecular flexibility index (Phi) is 5.72. The maximum Gasteiger partial charge on any atom is 0.194 e. The third kappa shape index (κ3) is 3.88. The van der Waals surface area contributed by atoms with E-state index >= 15 is 0 Å². The van der Waals surface area contributed by atoms with Gasteiger partial charge in [0.2, 0.25) is 0 Å². The van der Waals surface area contributed by atoms with Crippen molar-refractivity contribution in [2.24, 2.45) is 0 Å². The molecule has 0 spiro atoms. The van der Waals surface area contributed by atoms with Gasteiger partial charge < -0.3 is 4.98 Å². The van der Waals surface area contributed by atoms with Crippen molar-refractivity contribution < 1.29 is 4.79 Å². The fourth-order valence-electron chi connectivity index (χ4n) is 2.99. The molecule has 4 nitrogen and oxygen atoms in total. The maximum atomic E-state index is 12.9. The van der Waals surface area contributed by atoms with Gasteiger partial charge in [0.15, 0.2) is 11.2 Å². The van der Waals surface area contributed by atoms with Crippen LogP contribution in [0.2, 0.25) is 0 Å². The van der Waals surface area contributed by atoms with Crippen LogP contribution in [0.4, 0.5) is 0 Å². The Morgan fingerprint density at radius 1 is 1.17 bits per heavy atom. The molecular formula is C19H26N2O2. The summed E-state index contributed by atoms with van der Waals surface area (Å²) in [6.45, 7) is 10.4. The lowest BCUT2D eigenvalue weighted by Gasteiger charge is -2.21. The van der Waals surface area contributed by atoms with Crippen LogP contribution in [0.25, 0.3) is 10.9 Å². The summed E-state index contributed by atoms with van der Waals surface area (Å²) in [6, 6.07) is 5.30. The summed E-state index contributed by atoms with van der Waals surface area (Å²) in [5, 5.41) is 0.603. The first-order chi connectivity index (χ1) is 11.0. The van der Waals surface area contributed by atoms with E-state index in [9.17, 15) is 9.59 Å². The summed E-state index contributed by atoms with van der Waals surface area (Å²) in [4.78, 5) is 30.1. The molecule has 23 heavy (non-hydrogen) atoms. The van der Waals surface area contributed by atoms with Crippen molar-refractivity contribution in [3.8, 4) is 0 Å². The van der Waals surface area contributed by atoms with Crippen molar-refractivity contribution in [1.82, 2.24) is 9.88 Å². The van der Waals surface area contributed by atoms with Gasteiger partial charge in [-0.15, -0.1) is 0 Å². The van der Waals surface area contributed by atoms with Crippen LogP contribution in [-0.4, -0.2) is 28.8 Å². The molecule has 0 unspecified atom stereocenters. The minimum atomic E-state index is -0.0213. The van der Waals surface area contributed by atoms with Gasteiger partial charge in [-0.2, -0.15) is 0 Å². The Morgan fingerprint density at radius 3 is 2.39 bits per heavy atom. The molecule has 0 bridgehead atoms. The van der Waals surface area contributed by atoms with Crippen LogP contribution in [0, 0.1) is 6.92 Å². The normalized spacial score (nSPS) is 11.3. The number of Topliss-reactive ketones (excluding diaryl/α,β-unsaturated/α-hetero) is 1. The predicted molar refractivity (Wildman–Crippen MR) is 95.2 cm³/mol. The molecule has 1 N–H and O–H groups in total. The zero-order valence-corrected chi connectivity index (χ0v) is 14.5. The number of aryl methyl sites for hydroxylation is 1. The highest BCUT2D eigenvalue weighted by Crippen LogP contribution is 2.15. The molecule has 0 aliphatic rings. The van der Waals surface area contributed by atoms with Crippen LogP contribution in [0.1, 0.15) is 55.2 Å². The third-order valence-electron chi connectivity index (χ3n) is 4.18. The average molecular weight is 314 g/mol. The molecule has 0 amide bonds. The highest BCUT2D eigenvalue weighted by atomic mass is 16.1. The van der Waals surface area contributed by atoms with E-state index < -0.39 is 0 Å². The standard InChI is InChI=1S/C19H26N2O2/c1-5-9-21(10-6-2)12-17-13(3)20-18-8-7-15(14(4)22)11-16(18)19(17)23/h7-8,11H,5-6,9-10,12H2,1-4H3,(H,20,23). The van der Waals surface area contributed by atoms with Crippen molar-refractivity contribution in [2.45, 2.75) is 47.1 Å². The number of carbonyl (C=O) groups is 1. The number of carbonyl (C=O) groups excluding carboxylic acids is 1. The monoisotopic (exact) mass is 314 g/mol. The van der Waals surface area contributed by atoms with Gasteiger partial charge in [0, 0.05) is 34.3 Å². The number of fused-ring (bicyclic) bond motifs is 1. The number of H-pyrrole nitrogens is 1. The minimum Gasteiger partial charge on any atom is -0.358 e. The molecule has 0 atom stereocenters. The average Bonchev–Trinajstić information content (AvgIpc) is 2.51. The second kappa shape index (κ2) is 7.55. The van der Waals surface area contributed by atoms with E-state index in [-0.39, 0.29) is 11.2 Å². The number of benzene rings is 1. The second-order valence-electron chi connectivity index (χ2n) is 6.15. The van der Waals surface area contributed by atoms with Gasteiger partial charge in [0.25, 0.3) is 0 Å². The molecule has 0 saturated heterocycles. The number of ketones is 1. The van der Waals surface area contributed by atoms with Gasteiger partial charge in [-0.05, 0) is 58.0 Å². The van der Waals surface area contributed by atoms with Gasteiger partial charge in [-0.1, -0.05) is 13.8 Å². The fourth-order valence-corrected chi connectivity index (χ4v) is 2.99. The first-order valence-electron chi connectivity index (χ1n) is 8.36. The number of aromatic nitrogens is 1. The Hall–Kier alpha value is -1.94. The number of aromatic amines is 1. The molecule has 4 heteroatoms. The lowest BCUT2D eigenvalue weighted by Crippen LogP contribution is -2.29. The van der Waals surface area contributed by atoms with Crippen LogP contribution in [0.15, 0.2) is 23.0 Å². The fraction of sp³-hybridized carbons (Fsp3) is 0.474. The lowest BCUT2D eigenvalue weighted by atomic mass is 10.0. The summed E-state index contributed by atoms with van der Waals surface area (Å²) in [5.74, 6) is -0.0213. The second-order valence-corrected chi connectivity index (χ2v) is 6.15. The highest BCUT2D eigenvalue weighted by Gasteiger charge is 2.14. The number of pyridine rings is 1. The van der Waals surface area contributed by atoms with Crippen molar-refractivity contribution in [1.29, 1.82) is 0 Å². The summed E-state index contributed by atoms with van der Waals surface area (Å²) in [7, 11) is 0.